The lowest BCUT2D eigenvalue weighted by Gasteiger charge is -2.14. The van der Waals surface area contributed by atoms with Crippen LogP contribution in [0, 0.1) is 17.5 Å². The predicted octanol–water partition coefficient (Wildman–Crippen LogP) is 3.83. The lowest BCUT2D eigenvalue weighted by atomic mass is 10.0. The molecular formula is C18H10BrF3N2O2. The van der Waals surface area contributed by atoms with Crippen LogP contribution in [0.5, 0.6) is 0 Å². The van der Waals surface area contributed by atoms with Gasteiger partial charge >= 0.3 is 0 Å². The fourth-order valence-electron chi connectivity index (χ4n) is 2.48. The summed E-state index contributed by atoms with van der Waals surface area (Å²) in [6, 6.07) is 8.75. The van der Waals surface area contributed by atoms with E-state index in [0.717, 1.165) is 36.4 Å². The summed E-state index contributed by atoms with van der Waals surface area (Å²) >= 11 is 2.95. The molecular weight excluding hydrogens is 413 g/mol. The molecule has 0 aliphatic heterocycles. The molecule has 0 saturated carbocycles. The molecule has 0 saturated heterocycles. The van der Waals surface area contributed by atoms with E-state index in [1.165, 1.54) is 12.1 Å². The van der Waals surface area contributed by atoms with Crippen LogP contribution in [0.25, 0.3) is 5.69 Å². The number of nitrogen functional groups attached to an aromatic ring is 1. The average Bonchev–Trinajstić information content (AvgIpc) is 2.57. The second-order valence-corrected chi connectivity index (χ2v) is 6.28. The minimum atomic E-state index is -1.03. The molecule has 0 bridgehead atoms. The van der Waals surface area contributed by atoms with E-state index in [1.807, 2.05) is 0 Å². The van der Waals surface area contributed by atoms with E-state index in [1.54, 1.807) is 0 Å². The van der Waals surface area contributed by atoms with Crippen LogP contribution >= 0.6 is 15.9 Å². The van der Waals surface area contributed by atoms with Crippen LogP contribution in [-0.2, 0) is 0 Å². The van der Waals surface area contributed by atoms with Crippen LogP contribution in [0.15, 0.2) is 57.8 Å². The number of hydrogen-bond donors (Lipinski definition) is 1. The van der Waals surface area contributed by atoms with E-state index in [-0.39, 0.29) is 15.6 Å². The van der Waals surface area contributed by atoms with Crippen molar-refractivity contribution in [3.05, 3.63) is 91.9 Å². The molecule has 1 aromatic heterocycles. The summed E-state index contributed by atoms with van der Waals surface area (Å²) in [7, 11) is 0. The number of pyridine rings is 1. The van der Waals surface area contributed by atoms with Gasteiger partial charge in [0.15, 0.2) is 17.4 Å². The summed E-state index contributed by atoms with van der Waals surface area (Å²) in [5.41, 5.74) is 4.36. The van der Waals surface area contributed by atoms with E-state index in [9.17, 15) is 22.8 Å². The van der Waals surface area contributed by atoms with Gasteiger partial charge in [-0.05, 0) is 42.5 Å². The smallest absolute Gasteiger partial charge is 0.256 e. The second kappa shape index (κ2) is 6.80. The van der Waals surface area contributed by atoms with Crippen LogP contribution in [-0.4, -0.2) is 10.4 Å². The number of hydrogen-bond acceptors (Lipinski definition) is 3. The van der Waals surface area contributed by atoms with Crippen LogP contribution in [0.2, 0.25) is 0 Å². The van der Waals surface area contributed by atoms with E-state index in [0.29, 0.717) is 4.57 Å². The fraction of sp³-hybridized carbons (Fsp3) is 0. The van der Waals surface area contributed by atoms with Gasteiger partial charge in [0.05, 0.1) is 5.56 Å². The van der Waals surface area contributed by atoms with Gasteiger partial charge in [-0.15, -0.1) is 0 Å². The Morgan fingerprint density at radius 2 is 1.54 bits per heavy atom. The molecule has 0 amide bonds. The number of ketones is 1. The molecule has 0 aliphatic carbocycles. The number of carbonyl (C=O) groups is 1. The summed E-state index contributed by atoms with van der Waals surface area (Å²) < 4.78 is 42.2. The number of aromatic nitrogens is 1. The SMILES string of the molecule is Nc1c(C(=O)c2ccc(F)cc2)ccc(=O)n1-c1c(F)cc(Br)cc1F. The van der Waals surface area contributed by atoms with Crippen molar-refractivity contribution < 1.29 is 18.0 Å². The van der Waals surface area contributed by atoms with Gasteiger partial charge < -0.3 is 5.73 Å². The first-order chi connectivity index (χ1) is 12.3. The van der Waals surface area contributed by atoms with Crippen molar-refractivity contribution in [1.29, 1.82) is 0 Å². The maximum atomic E-state index is 14.2. The van der Waals surface area contributed by atoms with E-state index < -0.39 is 40.3 Å². The Morgan fingerprint density at radius 3 is 2.12 bits per heavy atom. The first-order valence-corrected chi connectivity index (χ1v) is 8.05. The van der Waals surface area contributed by atoms with E-state index in [4.69, 9.17) is 5.73 Å². The van der Waals surface area contributed by atoms with Crippen LogP contribution < -0.4 is 11.3 Å². The van der Waals surface area contributed by atoms with Gasteiger partial charge in [0.25, 0.3) is 5.56 Å². The fourth-order valence-corrected chi connectivity index (χ4v) is 2.88. The topological polar surface area (TPSA) is 65.1 Å². The molecule has 0 fully saturated rings. The van der Waals surface area contributed by atoms with Crippen LogP contribution in [0.1, 0.15) is 15.9 Å². The highest BCUT2D eigenvalue weighted by Gasteiger charge is 2.21. The maximum absolute atomic E-state index is 14.2. The number of halogens is 4. The van der Waals surface area contributed by atoms with Crippen molar-refractivity contribution in [3.63, 3.8) is 0 Å². The highest BCUT2D eigenvalue weighted by molar-refractivity contribution is 9.10. The third kappa shape index (κ3) is 3.15. The highest BCUT2D eigenvalue weighted by Crippen LogP contribution is 2.25. The first kappa shape index (κ1) is 17.9. The third-order valence-corrected chi connectivity index (χ3v) is 4.14. The standard InChI is InChI=1S/C18H10BrF3N2O2/c19-10-7-13(21)16(14(22)8-10)24-15(25)6-5-12(18(24)23)17(26)9-1-3-11(20)4-2-9/h1-8H,23H2. The number of rotatable bonds is 3. The van der Waals surface area contributed by atoms with Gasteiger partial charge in [0, 0.05) is 16.1 Å². The van der Waals surface area contributed by atoms with Crippen molar-refractivity contribution in [1.82, 2.24) is 4.57 Å². The molecule has 0 atom stereocenters. The number of nitrogens with zero attached hydrogens (tertiary/aromatic N) is 1. The van der Waals surface area contributed by atoms with E-state index >= 15 is 0 Å². The zero-order valence-electron chi connectivity index (χ0n) is 13.0. The average molecular weight is 423 g/mol. The number of anilines is 1. The Labute approximate surface area is 153 Å². The Morgan fingerprint density at radius 1 is 0.962 bits per heavy atom. The van der Waals surface area contributed by atoms with Crippen LogP contribution in [0.4, 0.5) is 19.0 Å². The molecule has 3 rings (SSSR count). The molecule has 0 unspecified atom stereocenters. The molecule has 0 radical (unpaired) electrons. The van der Waals surface area contributed by atoms with E-state index in [2.05, 4.69) is 15.9 Å². The molecule has 132 valence electrons. The monoisotopic (exact) mass is 422 g/mol. The first-order valence-electron chi connectivity index (χ1n) is 7.26. The molecule has 1 heterocycles. The number of benzene rings is 2. The van der Waals surface area contributed by atoms with Gasteiger partial charge in [0.1, 0.15) is 17.3 Å². The van der Waals surface area contributed by atoms with Gasteiger partial charge in [-0.1, -0.05) is 15.9 Å². The molecule has 4 nitrogen and oxygen atoms in total. The lowest BCUT2D eigenvalue weighted by molar-refractivity contribution is 0.103. The predicted molar refractivity (Wildman–Crippen MR) is 93.9 cm³/mol. The third-order valence-electron chi connectivity index (χ3n) is 3.69. The van der Waals surface area contributed by atoms with Gasteiger partial charge in [0.2, 0.25) is 0 Å². The second-order valence-electron chi connectivity index (χ2n) is 5.36. The molecule has 0 spiro atoms. The largest absolute Gasteiger partial charge is 0.384 e. The lowest BCUT2D eigenvalue weighted by Crippen LogP contribution is -2.25. The summed E-state index contributed by atoms with van der Waals surface area (Å²) in [6.45, 7) is 0. The molecule has 8 heteroatoms. The Bertz CT molecular complexity index is 1060. The molecule has 3 aromatic rings. The molecule has 0 aliphatic rings. The zero-order valence-corrected chi connectivity index (χ0v) is 14.6. The summed E-state index contributed by atoms with van der Waals surface area (Å²) in [4.78, 5) is 24.7. The molecule has 2 N–H and O–H groups in total. The van der Waals surface area contributed by atoms with Gasteiger partial charge in [-0.2, -0.15) is 0 Å². The van der Waals surface area contributed by atoms with Crippen molar-refractivity contribution >= 4 is 27.5 Å². The molecule has 2 aromatic carbocycles. The normalized spacial score (nSPS) is 10.8. The Kier molecular flexibility index (Phi) is 4.69. The van der Waals surface area contributed by atoms with Crippen molar-refractivity contribution in [2.75, 3.05) is 5.73 Å². The number of carbonyl (C=O) groups excluding carboxylic acids is 1. The zero-order chi connectivity index (χ0) is 19.0. The summed E-state index contributed by atoms with van der Waals surface area (Å²) in [5.74, 6) is -3.63. The van der Waals surface area contributed by atoms with Gasteiger partial charge in [-0.25, -0.2) is 13.2 Å². The highest BCUT2D eigenvalue weighted by atomic mass is 79.9. The minimum Gasteiger partial charge on any atom is -0.384 e. The van der Waals surface area contributed by atoms with Gasteiger partial charge in [-0.3, -0.25) is 14.2 Å². The van der Waals surface area contributed by atoms with Crippen molar-refractivity contribution in [2.24, 2.45) is 0 Å². The summed E-state index contributed by atoms with van der Waals surface area (Å²) in [6.07, 6.45) is 0. The van der Waals surface area contributed by atoms with Crippen molar-refractivity contribution in [2.45, 2.75) is 0 Å². The number of nitrogens with two attached hydrogens (primary N) is 1. The molecule has 26 heavy (non-hydrogen) atoms. The summed E-state index contributed by atoms with van der Waals surface area (Å²) in [5, 5.41) is 0. The maximum Gasteiger partial charge on any atom is 0.256 e. The van der Waals surface area contributed by atoms with Crippen molar-refractivity contribution in [3.8, 4) is 5.69 Å². The van der Waals surface area contributed by atoms with Crippen LogP contribution in [0.3, 0.4) is 0 Å². The quantitative estimate of drug-likeness (QED) is 0.652. The minimum absolute atomic E-state index is 0.111. The Balaban J connectivity index is 2.21. The Hall–Kier alpha value is -2.87.